The van der Waals surface area contributed by atoms with Gasteiger partial charge >= 0.3 is 12.3 Å². The number of fused-ring (bicyclic) bond motifs is 1. The topological polar surface area (TPSA) is 88.5 Å². The lowest BCUT2D eigenvalue weighted by Gasteiger charge is -2.34. The van der Waals surface area contributed by atoms with Crippen LogP contribution in [0.3, 0.4) is 0 Å². The van der Waals surface area contributed by atoms with Crippen LogP contribution in [0.5, 0.6) is 17.2 Å². The van der Waals surface area contributed by atoms with E-state index in [9.17, 15) is 22.8 Å². The standard InChI is InChI=1S/C26H23F3N2O6/c27-26(28,29)37-20-11-9-18(10-12-20)25(34)31(19-5-2-1-3-6-19)14-13-30-15-16-35-24-21(30)7-4-8-22(24)36-17-23(32)33/h1-12H,13-17H2,(H,32,33). The molecule has 0 bridgehead atoms. The number of halogens is 3. The van der Waals surface area contributed by atoms with Crippen molar-refractivity contribution in [2.24, 2.45) is 0 Å². The van der Waals surface area contributed by atoms with Gasteiger partial charge in [-0.05, 0) is 48.5 Å². The Hall–Kier alpha value is -4.41. The highest BCUT2D eigenvalue weighted by Gasteiger charge is 2.31. The van der Waals surface area contributed by atoms with E-state index in [1.165, 1.54) is 12.1 Å². The second kappa shape index (κ2) is 11.1. The molecule has 0 saturated heterocycles. The molecule has 3 aromatic rings. The Morgan fingerprint density at radius 3 is 2.41 bits per heavy atom. The van der Waals surface area contributed by atoms with Crippen molar-refractivity contribution < 1.29 is 42.1 Å². The van der Waals surface area contributed by atoms with Gasteiger partial charge in [-0.15, -0.1) is 13.2 Å². The molecular formula is C26H23F3N2O6. The summed E-state index contributed by atoms with van der Waals surface area (Å²) in [5.41, 5.74) is 1.52. The molecule has 4 rings (SSSR count). The Bertz CT molecular complexity index is 1240. The highest BCUT2D eigenvalue weighted by atomic mass is 19.4. The Morgan fingerprint density at radius 2 is 1.73 bits per heavy atom. The normalized spacial score (nSPS) is 12.8. The predicted octanol–water partition coefficient (Wildman–Crippen LogP) is 4.59. The van der Waals surface area contributed by atoms with Crippen LogP contribution >= 0.6 is 0 Å². The molecule has 3 aromatic carbocycles. The molecular weight excluding hydrogens is 493 g/mol. The van der Waals surface area contributed by atoms with Crippen molar-refractivity contribution in [1.29, 1.82) is 0 Å². The number of carbonyl (C=O) groups is 2. The van der Waals surface area contributed by atoms with E-state index in [2.05, 4.69) is 4.74 Å². The molecule has 1 aliphatic rings. The number of amides is 1. The number of carboxylic acids is 1. The van der Waals surface area contributed by atoms with Gasteiger partial charge in [0, 0.05) is 24.3 Å². The first-order chi connectivity index (χ1) is 17.7. The van der Waals surface area contributed by atoms with Gasteiger partial charge in [-0.2, -0.15) is 0 Å². The van der Waals surface area contributed by atoms with Gasteiger partial charge < -0.3 is 29.1 Å². The fourth-order valence-corrected chi connectivity index (χ4v) is 3.89. The number of para-hydroxylation sites is 2. The maximum Gasteiger partial charge on any atom is 0.573 e. The zero-order valence-corrected chi connectivity index (χ0v) is 19.5. The SMILES string of the molecule is O=C(O)COc1cccc2c1OCCN2CCN(C(=O)c1ccc(OC(F)(F)F)cc1)c1ccccc1. The molecule has 0 radical (unpaired) electrons. The van der Waals surface area contributed by atoms with Crippen LogP contribution in [0.25, 0.3) is 0 Å². The van der Waals surface area contributed by atoms with Crippen LogP contribution in [-0.4, -0.2) is 56.2 Å². The van der Waals surface area contributed by atoms with Crippen LogP contribution in [0.2, 0.25) is 0 Å². The molecule has 1 heterocycles. The third kappa shape index (κ3) is 6.63. The van der Waals surface area contributed by atoms with Crippen LogP contribution in [0, 0.1) is 0 Å². The van der Waals surface area contributed by atoms with Crippen molar-refractivity contribution in [2.75, 3.05) is 42.6 Å². The van der Waals surface area contributed by atoms with Gasteiger partial charge in [0.25, 0.3) is 5.91 Å². The number of alkyl halides is 3. The summed E-state index contributed by atoms with van der Waals surface area (Å²) in [5, 5.41) is 8.92. The third-order valence-electron chi connectivity index (χ3n) is 5.50. The molecule has 1 N–H and O–H groups in total. The molecule has 0 aromatic heterocycles. The van der Waals surface area contributed by atoms with E-state index in [1.54, 1.807) is 41.3 Å². The van der Waals surface area contributed by atoms with Crippen LogP contribution in [0.1, 0.15) is 10.4 Å². The second-order valence-electron chi connectivity index (χ2n) is 7.99. The largest absolute Gasteiger partial charge is 0.573 e. The first kappa shape index (κ1) is 25.7. The van der Waals surface area contributed by atoms with Gasteiger partial charge in [0.05, 0.1) is 12.2 Å². The first-order valence-corrected chi connectivity index (χ1v) is 11.3. The highest BCUT2D eigenvalue weighted by molar-refractivity contribution is 6.06. The van der Waals surface area contributed by atoms with Crippen LogP contribution in [0.4, 0.5) is 24.5 Å². The van der Waals surface area contributed by atoms with E-state index in [4.69, 9.17) is 14.6 Å². The van der Waals surface area contributed by atoms with Gasteiger partial charge in [0.2, 0.25) is 0 Å². The monoisotopic (exact) mass is 516 g/mol. The van der Waals surface area contributed by atoms with E-state index in [0.29, 0.717) is 42.6 Å². The lowest BCUT2D eigenvalue weighted by Crippen LogP contribution is -2.41. The van der Waals surface area contributed by atoms with Gasteiger partial charge in [-0.3, -0.25) is 4.79 Å². The smallest absolute Gasteiger partial charge is 0.486 e. The molecule has 0 aliphatic carbocycles. The Labute approximate surface area is 210 Å². The van der Waals surface area contributed by atoms with E-state index in [0.717, 1.165) is 12.1 Å². The maximum atomic E-state index is 13.4. The molecule has 1 amide bonds. The molecule has 0 unspecified atom stereocenters. The van der Waals surface area contributed by atoms with Crippen molar-refractivity contribution in [3.63, 3.8) is 0 Å². The fraction of sp³-hybridized carbons (Fsp3) is 0.231. The van der Waals surface area contributed by atoms with Crippen LogP contribution < -0.4 is 24.0 Å². The number of anilines is 2. The van der Waals surface area contributed by atoms with Crippen molar-refractivity contribution in [2.45, 2.75) is 6.36 Å². The summed E-state index contributed by atoms with van der Waals surface area (Å²) in [6, 6.07) is 18.8. The number of benzene rings is 3. The minimum Gasteiger partial charge on any atom is -0.486 e. The van der Waals surface area contributed by atoms with Gasteiger partial charge in [0.1, 0.15) is 12.4 Å². The van der Waals surface area contributed by atoms with Crippen molar-refractivity contribution >= 4 is 23.3 Å². The molecule has 0 spiro atoms. The zero-order chi connectivity index (χ0) is 26.4. The van der Waals surface area contributed by atoms with Crippen molar-refractivity contribution in [3.8, 4) is 17.2 Å². The summed E-state index contributed by atoms with van der Waals surface area (Å²) in [5.74, 6) is -1.19. The van der Waals surface area contributed by atoms with E-state index in [1.807, 2.05) is 17.0 Å². The van der Waals surface area contributed by atoms with Gasteiger partial charge in [-0.1, -0.05) is 24.3 Å². The second-order valence-corrected chi connectivity index (χ2v) is 7.99. The van der Waals surface area contributed by atoms with Gasteiger partial charge in [0.15, 0.2) is 18.1 Å². The summed E-state index contributed by atoms with van der Waals surface area (Å²) >= 11 is 0. The summed E-state index contributed by atoms with van der Waals surface area (Å²) in [4.78, 5) is 27.9. The molecule has 0 fully saturated rings. The fourth-order valence-electron chi connectivity index (χ4n) is 3.89. The quantitative estimate of drug-likeness (QED) is 0.445. The van der Waals surface area contributed by atoms with Crippen LogP contribution in [0.15, 0.2) is 72.8 Å². The van der Waals surface area contributed by atoms with Crippen LogP contribution in [-0.2, 0) is 4.79 Å². The molecule has 194 valence electrons. The van der Waals surface area contributed by atoms with Crippen molar-refractivity contribution in [3.05, 3.63) is 78.4 Å². The number of aliphatic carboxylic acids is 1. The Morgan fingerprint density at radius 1 is 1.00 bits per heavy atom. The zero-order valence-electron chi connectivity index (χ0n) is 19.5. The molecule has 1 aliphatic heterocycles. The summed E-state index contributed by atoms with van der Waals surface area (Å²) in [6.45, 7) is 0.997. The Kier molecular flexibility index (Phi) is 7.71. The number of nitrogens with zero attached hydrogens (tertiary/aromatic N) is 2. The molecule has 11 heteroatoms. The Balaban J connectivity index is 1.53. The number of hydrogen-bond acceptors (Lipinski definition) is 6. The number of rotatable bonds is 9. The highest BCUT2D eigenvalue weighted by Crippen LogP contribution is 2.40. The predicted molar refractivity (Wildman–Crippen MR) is 129 cm³/mol. The maximum absolute atomic E-state index is 13.4. The number of ether oxygens (including phenoxy) is 3. The van der Waals surface area contributed by atoms with E-state index < -0.39 is 30.6 Å². The van der Waals surface area contributed by atoms with E-state index in [-0.39, 0.29) is 12.1 Å². The molecule has 0 atom stereocenters. The van der Waals surface area contributed by atoms with Gasteiger partial charge in [-0.25, -0.2) is 4.79 Å². The summed E-state index contributed by atoms with van der Waals surface area (Å²) < 4.78 is 52.5. The molecule has 8 nitrogen and oxygen atoms in total. The average Bonchev–Trinajstić information content (AvgIpc) is 2.87. The summed E-state index contributed by atoms with van der Waals surface area (Å²) in [6.07, 6.45) is -4.82. The minimum absolute atomic E-state index is 0.199. The first-order valence-electron chi connectivity index (χ1n) is 11.3. The average molecular weight is 516 g/mol. The van der Waals surface area contributed by atoms with E-state index >= 15 is 0 Å². The number of carbonyl (C=O) groups excluding carboxylic acids is 1. The summed E-state index contributed by atoms with van der Waals surface area (Å²) in [7, 11) is 0. The molecule has 0 saturated carbocycles. The van der Waals surface area contributed by atoms with Crippen molar-refractivity contribution in [1.82, 2.24) is 0 Å². The lowest BCUT2D eigenvalue weighted by molar-refractivity contribution is -0.274. The minimum atomic E-state index is -4.82. The number of carboxylic acid groups (broad SMARTS) is 1. The molecule has 37 heavy (non-hydrogen) atoms. The number of hydrogen-bond donors (Lipinski definition) is 1. The lowest BCUT2D eigenvalue weighted by atomic mass is 10.1. The third-order valence-corrected chi connectivity index (χ3v) is 5.50.